The number of nitrogens with zero attached hydrogens (tertiary/aromatic N) is 1. The Morgan fingerprint density at radius 1 is 0.952 bits per heavy atom. The number of carbonyl (C=O) groups is 1. The second kappa shape index (κ2) is 5.57. The van der Waals surface area contributed by atoms with Gasteiger partial charge in [0.1, 0.15) is 0 Å². The Morgan fingerprint density at radius 3 is 2.33 bits per heavy atom. The van der Waals surface area contributed by atoms with Gasteiger partial charge in [0.25, 0.3) is 0 Å². The van der Waals surface area contributed by atoms with Gasteiger partial charge in [-0.05, 0) is 22.8 Å². The molecule has 0 atom stereocenters. The Labute approximate surface area is 125 Å². The van der Waals surface area contributed by atoms with E-state index in [-0.39, 0.29) is 11.8 Å². The number of rotatable bonds is 1. The first kappa shape index (κ1) is 13.6. The van der Waals surface area contributed by atoms with Crippen LogP contribution in [0.25, 0.3) is 12.2 Å². The average Bonchev–Trinajstić information content (AvgIpc) is 2.49. The fraction of sp³-hybridized carbons (Fsp3) is 0.211. The van der Waals surface area contributed by atoms with Crippen LogP contribution in [0.3, 0.4) is 0 Å². The number of amides is 1. The zero-order chi connectivity index (χ0) is 14.8. The summed E-state index contributed by atoms with van der Waals surface area (Å²) in [5.74, 6) is 0.140. The first-order valence-corrected chi connectivity index (χ1v) is 7.33. The highest BCUT2D eigenvalue weighted by Gasteiger charge is 2.22. The van der Waals surface area contributed by atoms with Gasteiger partial charge in [-0.15, -0.1) is 0 Å². The van der Waals surface area contributed by atoms with E-state index in [1.54, 1.807) is 0 Å². The largest absolute Gasteiger partial charge is 0.307 e. The van der Waals surface area contributed by atoms with E-state index in [1.165, 1.54) is 11.1 Å². The minimum atomic E-state index is -0.0198. The Balaban J connectivity index is 2.16. The molecule has 106 valence electrons. The van der Waals surface area contributed by atoms with Gasteiger partial charge in [0.05, 0.1) is 12.2 Å². The summed E-state index contributed by atoms with van der Waals surface area (Å²) >= 11 is 0. The molecule has 0 aromatic heterocycles. The van der Waals surface area contributed by atoms with Crippen LogP contribution in [-0.4, -0.2) is 5.91 Å². The van der Waals surface area contributed by atoms with Crippen LogP contribution in [-0.2, 0) is 11.3 Å². The molecule has 2 aromatic carbocycles. The first-order valence-electron chi connectivity index (χ1n) is 7.33. The van der Waals surface area contributed by atoms with Gasteiger partial charge >= 0.3 is 0 Å². The van der Waals surface area contributed by atoms with Crippen LogP contribution in [0, 0.1) is 5.92 Å². The molecule has 2 aromatic rings. The summed E-state index contributed by atoms with van der Waals surface area (Å²) in [7, 11) is 0. The maximum absolute atomic E-state index is 12.6. The smallest absolute Gasteiger partial charge is 0.229 e. The zero-order valence-corrected chi connectivity index (χ0v) is 12.4. The second-order valence-electron chi connectivity index (χ2n) is 5.67. The molecule has 1 aliphatic rings. The maximum atomic E-state index is 12.6. The molecule has 1 aliphatic heterocycles. The van der Waals surface area contributed by atoms with Gasteiger partial charge in [0, 0.05) is 5.92 Å². The van der Waals surface area contributed by atoms with Gasteiger partial charge < -0.3 is 4.90 Å². The van der Waals surface area contributed by atoms with E-state index >= 15 is 0 Å². The van der Waals surface area contributed by atoms with Crippen LogP contribution in [0.15, 0.2) is 48.5 Å². The highest BCUT2D eigenvalue weighted by molar-refractivity contribution is 5.97. The Hall–Kier alpha value is -2.35. The van der Waals surface area contributed by atoms with Crippen LogP contribution in [0.1, 0.15) is 30.5 Å². The molecule has 0 N–H and O–H groups in total. The molecule has 0 fully saturated rings. The van der Waals surface area contributed by atoms with Crippen LogP contribution < -0.4 is 4.90 Å². The van der Waals surface area contributed by atoms with Crippen molar-refractivity contribution in [2.24, 2.45) is 5.92 Å². The lowest BCUT2D eigenvalue weighted by Crippen LogP contribution is -2.34. The third kappa shape index (κ3) is 2.62. The van der Waals surface area contributed by atoms with Gasteiger partial charge in [-0.25, -0.2) is 0 Å². The Kier molecular flexibility index (Phi) is 3.61. The molecule has 1 amide bonds. The average molecular weight is 277 g/mol. The minimum Gasteiger partial charge on any atom is -0.307 e. The summed E-state index contributed by atoms with van der Waals surface area (Å²) in [6.45, 7) is 4.52. The topological polar surface area (TPSA) is 20.3 Å². The highest BCUT2D eigenvalue weighted by Crippen LogP contribution is 2.29. The fourth-order valence-corrected chi connectivity index (χ4v) is 2.66. The maximum Gasteiger partial charge on any atom is 0.229 e. The lowest BCUT2D eigenvalue weighted by atomic mass is 10.00. The van der Waals surface area contributed by atoms with Gasteiger partial charge in [0.15, 0.2) is 0 Å². The summed E-state index contributed by atoms with van der Waals surface area (Å²) in [5.41, 5.74) is 4.42. The van der Waals surface area contributed by atoms with Crippen molar-refractivity contribution in [1.29, 1.82) is 0 Å². The molecule has 0 saturated heterocycles. The first-order chi connectivity index (χ1) is 10.2. The van der Waals surface area contributed by atoms with E-state index in [4.69, 9.17) is 0 Å². The van der Waals surface area contributed by atoms with Gasteiger partial charge in [0.2, 0.25) is 5.91 Å². The number of benzene rings is 2. The number of carbonyl (C=O) groups excluding carboxylic acids is 1. The second-order valence-corrected chi connectivity index (χ2v) is 5.67. The summed E-state index contributed by atoms with van der Waals surface area (Å²) in [6, 6.07) is 16.3. The molecule has 1 heterocycles. The summed E-state index contributed by atoms with van der Waals surface area (Å²) in [5, 5.41) is 0. The van der Waals surface area contributed by atoms with Crippen molar-refractivity contribution >= 4 is 23.7 Å². The summed E-state index contributed by atoms with van der Waals surface area (Å²) in [4.78, 5) is 14.5. The third-order valence-corrected chi connectivity index (χ3v) is 3.81. The van der Waals surface area contributed by atoms with Crippen molar-refractivity contribution in [3.05, 3.63) is 65.2 Å². The van der Waals surface area contributed by atoms with E-state index < -0.39 is 0 Å². The van der Waals surface area contributed by atoms with Crippen molar-refractivity contribution in [3.8, 4) is 0 Å². The lowest BCUT2D eigenvalue weighted by Gasteiger charge is -2.28. The number of para-hydroxylation sites is 1. The van der Waals surface area contributed by atoms with Crippen molar-refractivity contribution < 1.29 is 4.79 Å². The van der Waals surface area contributed by atoms with Crippen LogP contribution in [0.4, 0.5) is 5.69 Å². The van der Waals surface area contributed by atoms with Crippen molar-refractivity contribution in [3.63, 3.8) is 0 Å². The molecule has 0 radical (unpaired) electrons. The number of fused-ring (bicyclic) bond motifs is 2. The van der Waals surface area contributed by atoms with E-state index in [1.807, 2.05) is 49.1 Å². The van der Waals surface area contributed by atoms with Gasteiger partial charge in [-0.2, -0.15) is 0 Å². The molecule has 0 aliphatic carbocycles. The van der Waals surface area contributed by atoms with E-state index in [2.05, 4.69) is 30.4 Å². The monoisotopic (exact) mass is 277 g/mol. The molecule has 0 spiro atoms. The Bertz CT molecular complexity index is 700. The normalized spacial score (nSPS) is 13.4. The van der Waals surface area contributed by atoms with Crippen molar-refractivity contribution in [2.45, 2.75) is 20.4 Å². The summed E-state index contributed by atoms with van der Waals surface area (Å²) in [6.07, 6.45) is 4.22. The zero-order valence-electron chi connectivity index (χ0n) is 12.4. The number of hydrogen-bond donors (Lipinski definition) is 0. The minimum absolute atomic E-state index is 0.0198. The predicted molar refractivity (Wildman–Crippen MR) is 87.8 cm³/mol. The molecule has 21 heavy (non-hydrogen) atoms. The van der Waals surface area contributed by atoms with E-state index in [9.17, 15) is 4.79 Å². The molecular weight excluding hydrogens is 258 g/mol. The predicted octanol–water partition coefficient (Wildman–Crippen LogP) is 4.36. The van der Waals surface area contributed by atoms with Gasteiger partial charge in [-0.3, -0.25) is 4.79 Å². The third-order valence-electron chi connectivity index (χ3n) is 3.81. The van der Waals surface area contributed by atoms with Crippen LogP contribution >= 0.6 is 0 Å². The SMILES string of the molecule is CC(C)C(=O)N1Cc2ccccc2C=Cc2ccccc21. The van der Waals surface area contributed by atoms with Crippen LogP contribution in [0.5, 0.6) is 0 Å². The highest BCUT2D eigenvalue weighted by atomic mass is 16.2. The van der Waals surface area contributed by atoms with Crippen molar-refractivity contribution in [1.82, 2.24) is 0 Å². The van der Waals surface area contributed by atoms with E-state index in [0.717, 1.165) is 11.3 Å². The molecular formula is C19H19NO. The molecule has 0 saturated carbocycles. The molecule has 2 nitrogen and oxygen atoms in total. The van der Waals surface area contributed by atoms with Gasteiger partial charge in [-0.1, -0.05) is 68.5 Å². The van der Waals surface area contributed by atoms with Crippen LogP contribution in [0.2, 0.25) is 0 Å². The molecule has 0 bridgehead atoms. The number of anilines is 1. The fourth-order valence-electron chi connectivity index (χ4n) is 2.66. The standard InChI is InChI=1S/C19H19NO/c1-14(2)19(21)20-13-17-9-4-3-7-15(17)11-12-16-8-5-6-10-18(16)20/h3-12,14H,13H2,1-2H3. The molecule has 3 rings (SSSR count). The number of hydrogen-bond acceptors (Lipinski definition) is 1. The summed E-state index contributed by atoms with van der Waals surface area (Å²) < 4.78 is 0. The van der Waals surface area contributed by atoms with Crippen molar-refractivity contribution in [2.75, 3.05) is 4.90 Å². The van der Waals surface area contributed by atoms with E-state index in [0.29, 0.717) is 6.54 Å². The quantitative estimate of drug-likeness (QED) is 0.758. The molecule has 2 heteroatoms. The Morgan fingerprint density at radius 2 is 1.57 bits per heavy atom. The molecule has 0 unspecified atom stereocenters. The lowest BCUT2D eigenvalue weighted by molar-refractivity contribution is -0.121.